The predicted molar refractivity (Wildman–Crippen MR) is 75.3 cm³/mol. The summed E-state index contributed by atoms with van der Waals surface area (Å²) in [7, 11) is -2.14. The van der Waals surface area contributed by atoms with Crippen LogP contribution in [0.4, 0.5) is 10.1 Å². The van der Waals surface area contributed by atoms with E-state index in [4.69, 9.17) is 5.73 Å². The molecule has 9 heteroatoms. The minimum absolute atomic E-state index is 0.0598. The Balaban J connectivity index is 2.35. The number of aromatic nitrogens is 3. The van der Waals surface area contributed by atoms with Gasteiger partial charge in [0, 0.05) is 7.05 Å². The van der Waals surface area contributed by atoms with E-state index in [0.29, 0.717) is 5.82 Å². The monoisotopic (exact) mass is 313 g/mol. The fourth-order valence-corrected chi connectivity index (χ4v) is 3.45. The minimum Gasteiger partial charge on any atom is -0.396 e. The summed E-state index contributed by atoms with van der Waals surface area (Å²) in [6, 6.07) is 1.61. The Bertz CT molecular complexity index is 772. The summed E-state index contributed by atoms with van der Waals surface area (Å²) in [5.74, 6) is -0.181. The zero-order chi connectivity index (χ0) is 15.8. The van der Waals surface area contributed by atoms with Crippen LogP contribution in [0.5, 0.6) is 0 Å². The number of nitrogen functional groups attached to an aromatic ring is 1. The molecule has 0 fully saturated rings. The number of hydrogen-bond donors (Lipinski definition) is 2. The molecule has 1 unspecified atom stereocenters. The van der Waals surface area contributed by atoms with Gasteiger partial charge in [-0.2, -0.15) is 0 Å². The quantitative estimate of drug-likeness (QED) is 0.816. The fraction of sp³-hybridized carbons (Fsp3) is 0.333. The standard InChI is InChI=1S/C12H16FN5O2S/c1-7-4-9(13)10(14)5-11(7)21(19,20)17-8(2)12-16-15-6-18(12)3/h4-6,8,17H,14H2,1-3H3. The molecule has 1 atom stereocenters. The zero-order valence-electron chi connectivity index (χ0n) is 11.8. The highest BCUT2D eigenvalue weighted by Crippen LogP contribution is 2.23. The molecule has 2 aromatic rings. The third-order valence-electron chi connectivity index (χ3n) is 3.05. The summed E-state index contributed by atoms with van der Waals surface area (Å²) in [6.45, 7) is 3.15. The van der Waals surface area contributed by atoms with Crippen LogP contribution in [0.25, 0.3) is 0 Å². The van der Waals surface area contributed by atoms with Crippen molar-refractivity contribution in [3.63, 3.8) is 0 Å². The molecule has 0 saturated carbocycles. The smallest absolute Gasteiger partial charge is 0.241 e. The fourth-order valence-electron chi connectivity index (χ4n) is 1.99. The van der Waals surface area contributed by atoms with Crippen molar-refractivity contribution < 1.29 is 12.8 Å². The summed E-state index contributed by atoms with van der Waals surface area (Å²) in [5.41, 5.74) is 5.50. The number of halogens is 1. The Kier molecular flexibility index (Phi) is 3.97. The Labute approximate surface area is 122 Å². The second kappa shape index (κ2) is 5.41. The lowest BCUT2D eigenvalue weighted by atomic mass is 10.2. The van der Waals surface area contributed by atoms with E-state index in [1.165, 1.54) is 13.3 Å². The van der Waals surface area contributed by atoms with Crippen molar-refractivity contribution in [3.8, 4) is 0 Å². The first-order valence-electron chi connectivity index (χ1n) is 6.14. The predicted octanol–water partition coefficient (Wildman–Crippen LogP) is 0.884. The number of anilines is 1. The average Bonchev–Trinajstić information content (AvgIpc) is 2.79. The molecule has 3 N–H and O–H groups in total. The van der Waals surface area contributed by atoms with Crippen LogP contribution in [0, 0.1) is 12.7 Å². The van der Waals surface area contributed by atoms with Gasteiger partial charge in [-0.25, -0.2) is 17.5 Å². The second-order valence-corrected chi connectivity index (χ2v) is 6.46. The molecule has 0 amide bonds. The normalized spacial score (nSPS) is 13.3. The topological polar surface area (TPSA) is 103 Å². The maximum Gasteiger partial charge on any atom is 0.241 e. The van der Waals surface area contributed by atoms with Gasteiger partial charge in [0.2, 0.25) is 10.0 Å². The van der Waals surface area contributed by atoms with Gasteiger partial charge in [0.25, 0.3) is 0 Å². The summed E-state index contributed by atoms with van der Waals surface area (Å²) in [5, 5.41) is 7.55. The number of hydrogen-bond acceptors (Lipinski definition) is 5. The van der Waals surface area contributed by atoms with Gasteiger partial charge in [-0.15, -0.1) is 10.2 Å². The molecule has 0 radical (unpaired) electrons. The van der Waals surface area contributed by atoms with Crippen molar-refractivity contribution in [1.82, 2.24) is 19.5 Å². The van der Waals surface area contributed by atoms with Crippen molar-refractivity contribution in [2.24, 2.45) is 7.05 Å². The Hall–Kier alpha value is -2.00. The molecule has 1 heterocycles. The van der Waals surface area contributed by atoms with E-state index in [1.807, 2.05) is 0 Å². The van der Waals surface area contributed by atoms with Gasteiger partial charge in [-0.3, -0.25) is 0 Å². The molecule has 0 spiro atoms. The van der Waals surface area contributed by atoms with Crippen LogP contribution in [0.2, 0.25) is 0 Å². The molecular formula is C12H16FN5O2S. The largest absolute Gasteiger partial charge is 0.396 e. The van der Waals surface area contributed by atoms with Crippen molar-refractivity contribution >= 4 is 15.7 Å². The molecule has 1 aromatic carbocycles. The first-order chi connectivity index (χ1) is 9.72. The third kappa shape index (κ3) is 3.03. The molecule has 0 saturated heterocycles. The van der Waals surface area contributed by atoms with Crippen LogP contribution >= 0.6 is 0 Å². The number of sulfonamides is 1. The first-order valence-corrected chi connectivity index (χ1v) is 7.62. The van der Waals surface area contributed by atoms with Gasteiger partial charge in [-0.1, -0.05) is 0 Å². The molecule has 1 aromatic heterocycles. The minimum atomic E-state index is -3.85. The molecular weight excluding hydrogens is 297 g/mol. The van der Waals surface area contributed by atoms with E-state index in [9.17, 15) is 12.8 Å². The van der Waals surface area contributed by atoms with Crippen molar-refractivity contribution in [1.29, 1.82) is 0 Å². The molecule has 7 nitrogen and oxygen atoms in total. The summed E-state index contributed by atoms with van der Waals surface area (Å²) in [6.07, 6.45) is 1.47. The van der Waals surface area contributed by atoms with Gasteiger partial charge < -0.3 is 10.3 Å². The maximum absolute atomic E-state index is 13.3. The van der Waals surface area contributed by atoms with Crippen LogP contribution in [-0.2, 0) is 17.1 Å². The van der Waals surface area contributed by atoms with Gasteiger partial charge in [0.05, 0.1) is 16.6 Å². The zero-order valence-corrected chi connectivity index (χ0v) is 12.6. The molecule has 0 aliphatic rings. The molecule has 0 aliphatic heterocycles. The van der Waals surface area contributed by atoms with E-state index >= 15 is 0 Å². The van der Waals surface area contributed by atoms with Gasteiger partial charge in [0.1, 0.15) is 18.0 Å². The summed E-state index contributed by atoms with van der Waals surface area (Å²) < 4.78 is 42.2. The van der Waals surface area contributed by atoms with E-state index in [1.54, 1.807) is 18.5 Å². The van der Waals surface area contributed by atoms with Crippen LogP contribution in [-0.4, -0.2) is 23.2 Å². The van der Waals surface area contributed by atoms with E-state index < -0.39 is 21.9 Å². The number of benzene rings is 1. The van der Waals surface area contributed by atoms with Gasteiger partial charge >= 0.3 is 0 Å². The number of aryl methyl sites for hydroxylation is 2. The molecule has 0 aliphatic carbocycles. The number of nitrogens with zero attached hydrogens (tertiary/aromatic N) is 3. The lowest BCUT2D eigenvalue weighted by Gasteiger charge is -2.15. The maximum atomic E-state index is 13.3. The lowest BCUT2D eigenvalue weighted by Crippen LogP contribution is -2.29. The molecule has 2 rings (SSSR count). The van der Waals surface area contributed by atoms with E-state index in [0.717, 1.165) is 12.1 Å². The number of rotatable bonds is 4. The number of nitrogens with two attached hydrogens (primary N) is 1. The summed E-state index contributed by atoms with van der Waals surface area (Å²) >= 11 is 0. The molecule has 114 valence electrons. The lowest BCUT2D eigenvalue weighted by molar-refractivity contribution is 0.552. The van der Waals surface area contributed by atoms with E-state index in [-0.39, 0.29) is 16.1 Å². The van der Waals surface area contributed by atoms with Crippen molar-refractivity contribution in [2.75, 3.05) is 5.73 Å². The van der Waals surface area contributed by atoms with Crippen LogP contribution < -0.4 is 10.5 Å². The van der Waals surface area contributed by atoms with Crippen LogP contribution in [0.1, 0.15) is 24.4 Å². The Morgan fingerprint density at radius 2 is 2.10 bits per heavy atom. The Morgan fingerprint density at radius 1 is 1.43 bits per heavy atom. The second-order valence-electron chi connectivity index (χ2n) is 4.78. The van der Waals surface area contributed by atoms with Crippen molar-refractivity contribution in [3.05, 3.63) is 35.7 Å². The third-order valence-corrected chi connectivity index (χ3v) is 4.73. The SMILES string of the molecule is Cc1cc(F)c(N)cc1S(=O)(=O)NC(C)c1nncn1C. The highest BCUT2D eigenvalue weighted by molar-refractivity contribution is 7.89. The molecule has 0 bridgehead atoms. The Morgan fingerprint density at radius 3 is 2.67 bits per heavy atom. The number of nitrogens with one attached hydrogen (secondary N) is 1. The highest BCUT2D eigenvalue weighted by atomic mass is 32.2. The van der Waals surface area contributed by atoms with Crippen LogP contribution in [0.3, 0.4) is 0 Å². The average molecular weight is 313 g/mol. The highest BCUT2D eigenvalue weighted by Gasteiger charge is 2.23. The first kappa shape index (κ1) is 15.4. The van der Waals surface area contributed by atoms with E-state index in [2.05, 4.69) is 14.9 Å². The summed E-state index contributed by atoms with van der Waals surface area (Å²) in [4.78, 5) is -0.0598. The van der Waals surface area contributed by atoms with Gasteiger partial charge in [-0.05, 0) is 31.5 Å². The van der Waals surface area contributed by atoms with Crippen LogP contribution in [0.15, 0.2) is 23.4 Å². The van der Waals surface area contributed by atoms with Gasteiger partial charge in [0.15, 0.2) is 0 Å². The van der Waals surface area contributed by atoms with Crippen molar-refractivity contribution in [2.45, 2.75) is 24.8 Å². The molecule has 21 heavy (non-hydrogen) atoms.